The lowest BCUT2D eigenvalue weighted by molar-refractivity contribution is -0.137. The van der Waals surface area contributed by atoms with E-state index in [0.29, 0.717) is 28.1 Å². The van der Waals surface area contributed by atoms with Gasteiger partial charge in [-0.25, -0.2) is 18.1 Å². The molecule has 0 aliphatic rings. The molecule has 2 N–H and O–H groups in total. The van der Waals surface area contributed by atoms with E-state index in [4.69, 9.17) is 4.74 Å². The van der Waals surface area contributed by atoms with E-state index in [1.54, 1.807) is 37.3 Å². The molecule has 0 saturated heterocycles. The number of para-hydroxylation sites is 1. The van der Waals surface area contributed by atoms with E-state index in [0.717, 1.165) is 12.3 Å². The monoisotopic (exact) mass is 451 g/mol. The van der Waals surface area contributed by atoms with E-state index in [1.165, 1.54) is 26.3 Å². The van der Waals surface area contributed by atoms with E-state index in [2.05, 4.69) is 15.0 Å². The van der Waals surface area contributed by atoms with Crippen LogP contribution in [0.15, 0.2) is 59.6 Å². The molecule has 2 aromatic carbocycles. The molecule has 10 heteroatoms. The number of methoxy groups -OCH3 is 1. The van der Waals surface area contributed by atoms with Crippen molar-refractivity contribution in [1.82, 2.24) is 9.71 Å². The summed E-state index contributed by atoms with van der Waals surface area (Å²) in [5, 5.41) is 2.99. The number of pyridine rings is 1. The van der Waals surface area contributed by atoms with E-state index < -0.39 is 21.8 Å². The second-order valence-electron chi connectivity index (χ2n) is 6.57. The lowest BCUT2D eigenvalue weighted by atomic mass is 9.97. The van der Waals surface area contributed by atoms with Crippen molar-refractivity contribution in [3.63, 3.8) is 0 Å². The number of alkyl halides is 3. The fourth-order valence-electron chi connectivity index (χ4n) is 3.17. The molecule has 1 aromatic heterocycles. The van der Waals surface area contributed by atoms with Gasteiger partial charge in [-0.15, -0.1) is 0 Å². The quantitative estimate of drug-likeness (QED) is 0.566. The molecule has 0 fully saturated rings. The molecule has 0 atom stereocenters. The van der Waals surface area contributed by atoms with Gasteiger partial charge in [-0.3, -0.25) is 0 Å². The van der Waals surface area contributed by atoms with Crippen molar-refractivity contribution < 1.29 is 26.3 Å². The zero-order chi connectivity index (χ0) is 22.8. The summed E-state index contributed by atoms with van der Waals surface area (Å²) in [5.74, 6) is 0.681. The predicted octanol–water partition coefficient (Wildman–Crippen LogP) is 4.74. The highest BCUT2D eigenvalue weighted by Gasteiger charge is 2.30. The van der Waals surface area contributed by atoms with E-state index in [-0.39, 0.29) is 10.7 Å². The van der Waals surface area contributed by atoms with E-state index in [9.17, 15) is 21.6 Å². The van der Waals surface area contributed by atoms with Crippen LogP contribution in [0.5, 0.6) is 5.75 Å². The maximum absolute atomic E-state index is 12.8. The Morgan fingerprint density at radius 1 is 1.03 bits per heavy atom. The standard InChI is InChI=1S/C21H20F3N3O3S/c1-13-18(31(28,29)25-2)10-9-16(20(13)15-6-4-5-7-17(15)30-3)27-19-11-8-14(12-26-19)21(22,23)24/h4-12,25H,1-3H3,(H,26,27). The van der Waals surface area contributed by atoms with Crippen molar-refractivity contribution in [2.24, 2.45) is 0 Å². The normalized spacial score (nSPS) is 11.9. The van der Waals surface area contributed by atoms with Gasteiger partial charge in [-0.2, -0.15) is 13.2 Å². The highest BCUT2D eigenvalue weighted by molar-refractivity contribution is 7.89. The lowest BCUT2D eigenvalue weighted by Crippen LogP contribution is -2.20. The Bertz CT molecular complexity index is 1190. The van der Waals surface area contributed by atoms with Gasteiger partial charge in [0.25, 0.3) is 0 Å². The van der Waals surface area contributed by atoms with Gasteiger partial charge in [-0.05, 0) is 49.9 Å². The Morgan fingerprint density at radius 2 is 1.74 bits per heavy atom. The average molecular weight is 451 g/mol. The second-order valence-corrected chi connectivity index (χ2v) is 8.43. The number of hydrogen-bond donors (Lipinski definition) is 2. The molecule has 3 aromatic rings. The zero-order valence-corrected chi connectivity index (χ0v) is 17.7. The molecule has 0 saturated carbocycles. The summed E-state index contributed by atoms with van der Waals surface area (Å²) >= 11 is 0. The van der Waals surface area contributed by atoms with Crippen LogP contribution in [0.2, 0.25) is 0 Å². The van der Waals surface area contributed by atoms with Crippen molar-refractivity contribution in [3.8, 4) is 16.9 Å². The highest BCUT2D eigenvalue weighted by atomic mass is 32.2. The Morgan fingerprint density at radius 3 is 2.32 bits per heavy atom. The number of benzene rings is 2. The topological polar surface area (TPSA) is 80.3 Å². The number of sulfonamides is 1. The number of aromatic nitrogens is 1. The molecule has 0 spiro atoms. The number of ether oxygens (including phenoxy) is 1. The molecular formula is C21H20F3N3O3S. The summed E-state index contributed by atoms with van der Waals surface area (Å²) < 4.78 is 71.1. The Hall–Kier alpha value is -3.11. The lowest BCUT2D eigenvalue weighted by Gasteiger charge is -2.19. The maximum atomic E-state index is 12.8. The largest absolute Gasteiger partial charge is 0.496 e. The van der Waals surface area contributed by atoms with Crippen molar-refractivity contribution >= 4 is 21.5 Å². The SMILES string of the molecule is CNS(=O)(=O)c1ccc(Nc2ccc(C(F)(F)F)cn2)c(-c2ccccc2OC)c1C. The first-order valence-corrected chi connectivity index (χ1v) is 10.6. The molecule has 0 bridgehead atoms. The van der Waals surface area contributed by atoms with Crippen molar-refractivity contribution in [2.75, 3.05) is 19.5 Å². The van der Waals surface area contributed by atoms with Crippen LogP contribution in [0, 0.1) is 6.92 Å². The minimum atomic E-state index is -4.49. The molecule has 3 rings (SSSR count). The number of hydrogen-bond acceptors (Lipinski definition) is 5. The van der Waals surface area contributed by atoms with Crippen molar-refractivity contribution in [2.45, 2.75) is 18.0 Å². The van der Waals surface area contributed by atoms with Gasteiger partial charge in [0.2, 0.25) is 10.0 Å². The van der Waals surface area contributed by atoms with Crippen LogP contribution in [0.1, 0.15) is 11.1 Å². The minimum absolute atomic E-state index is 0.0711. The third kappa shape index (κ3) is 4.64. The van der Waals surface area contributed by atoms with Crippen molar-refractivity contribution in [3.05, 3.63) is 65.9 Å². The summed E-state index contributed by atoms with van der Waals surface area (Å²) in [7, 11) is -0.942. The zero-order valence-electron chi connectivity index (χ0n) is 16.9. The summed E-state index contributed by atoms with van der Waals surface area (Å²) in [4.78, 5) is 3.91. The van der Waals surface area contributed by atoms with Crippen molar-refractivity contribution in [1.29, 1.82) is 0 Å². The van der Waals surface area contributed by atoms with Gasteiger partial charge in [0.1, 0.15) is 11.6 Å². The summed E-state index contributed by atoms with van der Waals surface area (Å²) in [6.45, 7) is 1.65. The first-order chi connectivity index (χ1) is 14.6. The Kier molecular flexibility index (Phi) is 6.23. The molecule has 0 radical (unpaired) electrons. The van der Waals surface area contributed by atoms with Crippen LogP contribution in [0.25, 0.3) is 11.1 Å². The molecule has 6 nitrogen and oxygen atoms in total. The van der Waals surface area contributed by atoms with Crippen LogP contribution >= 0.6 is 0 Å². The minimum Gasteiger partial charge on any atom is -0.496 e. The Balaban J connectivity index is 2.17. The second kappa shape index (κ2) is 8.56. The average Bonchev–Trinajstić information content (AvgIpc) is 2.73. The highest BCUT2D eigenvalue weighted by Crippen LogP contribution is 2.40. The van der Waals surface area contributed by atoms with E-state index in [1.807, 2.05) is 0 Å². The molecule has 0 aliphatic carbocycles. The number of nitrogens with zero attached hydrogens (tertiary/aromatic N) is 1. The third-order valence-electron chi connectivity index (χ3n) is 4.70. The van der Waals surface area contributed by atoms with Gasteiger partial charge in [0, 0.05) is 23.0 Å². The summed E-state index contributed by atoms with van der Waals surface area (Å²) in [6, 6.07) is 12.1. The van der Waals surface area contributed by atoms with Crippen LogP contribution in [-0.2, 0) is 16.2 Å². The van der Waals surface area contributed by atoms with Gasteiger partial charge in [-0.1, -0.05) is 18.2 Å². The van der Waals surface area contributed by atoms with Gasteiger partial charge >= 0.3 is 6.18 Å². The Labute approximate surface area is 178 Å². The first-order valence-electron chi connectivity index (χ1n) is 9.09. The fraction of sp³-hybridized carbons (Fsp3) is 0.190. The molecule has 164 valence electrons. The van der Waals surface area contributed by atoms with Crippen LogP contribution < -0.4 is 14.8 Å². The predicted molar refractivity (Wildman–Crippen MR) is 112 cm³/mol. The molecule has 31 heavy (non-hydrogen) atoms. The smallest absolute Gasteiger partial charge is 0.417 e. The molecule has 0 aliphatic heterocycles. The van der Waals surface area contributed by atoms with E-state index >= 15 is 0 Å². The van der Waals surface area contributed by atoms with Crippen LogP contribution in [0.3, 0.4) is 0 Å². The third-order valence-corrected chi connectivity index (χ3v) is 6.26. The number of anilines is 2. The van der Waals surface area contributed by atoms with Gasteiger partial charge in [0.15, 0.2) is 0 Å². The number of nitrogens with one attached hydrogen (secondary N) is 2. The maximum Gasteiger partial charge on any atom is 0.417 e. The first kappa shape index (κ1) is 22.6. The van der Waals surface area contributed by atoms with Gasteiger partial charge < -0.3 is 10.1 Å². The molecule has 1 heterocycles. The van der Waals surface area contributed by atoms with Gasteiger partial charge in [0.05, 0.1) is 17.6 Å². The van der Waals surface area contributed by atoms with Crippen LogP contribution in [-0.4, -0.2) is 27.6 Å². The van der Waals surface area contributed by atoms with Crippen LogP contribution in [0.4, 0.5) is 24.7 Å². The molecule has 0 unspecified atom stereocenters. The molecular weight excluding hydrogens is 431 g/mol. The summed E-state index contributed by atoms with van der Waals surface area (Å²) in [6.07, 6.45) is -3.76. The fourth-order valence-corrected chi connectivity index (χ4v) is 4.14. The number of rotatable bonds is 6. The summed E-state index contributed by atoms with van der Waals surface area (Å²) in [5.41, 5.74) is 1.18. The number of halogens is 3. The molecule has 0 amide bonds.